The molecule has 2 aromatic carbocycles. The highest BCUT2D eigenvalue weighted by molar-refractivity contribution is 14.1. The number of hydrogen-bond donors (Lipinski definition) is 0. The molecule has 0 heterocycles. The van der Waals surface area contributed by atoms with Crippen molar-refractivity contribution in [2.24, 2.45) is 0 Å². The van der Waals surface area contributed by atoms with Crippen LogP contribution < -0.4 is 0 Å². The molecular weight excluding hydrogens is 331 g/mol. The molecule has 2 aromatic rings. The monoisotopic (exact) mass is 346 g/mol. The van der Waals surface area contributed by atoms with Crippen molar-refractivity contribution >= 4 is 28.2 Å². The van der Waals surface area contributed by atoms with Gasteiger partial charge in [-0.1, -0.05) is 55.1 Å². The lowest BCUT2D eigenvalue weighted by Gasteiger charge is -2.05. The minimum absolute atomic E-state index is 1.05. The number of benzene rings is 2. The highest BCUT2D eigenvalue weighted by Crippen LogP contribution is 2.23. The van der Waals surface area contributed by atoms with Gasteiger partial charge >= 0.3 is 0 Å². The van der Waals surface area contributed by atoms with Gasteiger partial charge in [0.05, 0.1) is 0 Å². The van der Waals surface area contributed by atoms with E-state index in [2.05, 4.69) is 77.7 Å². The molecule has 0 aliphatic carbocycles. The van der Waals surface area contributed by atoms with E-state index in [9.17, 15) is 0 Å². The third-order valence-corrected chi connectivity index (χ3v) is 3.45. The van der Waals surface area contributed by atoms with Gasteiger partial charge in [-0.05, 0) is 63.9 Å². The first kappa shape index (κ1) is 13.1. The molecule has 90 valence electrons. The van der Waals surface area contributed by atoms with Gasteiger partial charge in [-0.25, -0.2) is 0 Å². The first-order valence-electron chi connectivity index (χ1n) is 5.88. The van der Waals surface area contributed by atoms with Crippen LogP contribution >= 0.6 is 22.6 Å². The van der Waals surface area contributed by atoms with Gasteiger partial charge in [0, 0.05) is 3.57 Å². The van der Waals surface area contributed by atoms with E-state index in [0.717, 1.165) is 5.57 Å². The molecule has 0 amide bonds. The minimum atomic E-state index is 1.05. The molecule has 0 saturated heterocycles. The summed E-state index contributed by atoms with van der Waals surface area (Å²) in [5, 5.41) is 0. The Bertz CT molecular complexity index is 577. The minimum Gasteiger partial charge on any atom is -0.0912 e. The zero-order valence-corrected chi connectivity index (χ0v) is 12.5. The molecule has 1 heteroatoms. The molecule has 0 nitrogen and oxygen atoms in total. The van der Waals surface area contributed by atoms with Crippen LogP contribution in [0.25, 0.3) is 16.7 Å². The Hall–Kier alpha value is -1.35. The van der Waals surface area contributed by atoms with Crippen LogP contribution in [0.3, 0.4) is 0 Å². The number of rotatable bonds is 3. The lowest BCUT2D eigenvalue weighted by molar-refractivity contribution is 1.56. The average Bonchev–Trinajstić information content (AvgIpc) is 2.39. The van der Waals surface area contributed by atoms with E-state index < -0.39 is 0 Å². The third-order valence-electron chi connectivity index (χ3n) is 2.78. The van der Waals surface area contributed by atoms with Crippen LogP contribution in [-0.4, -0.2) is 0 Å². The van der Waals surface area contributed by atoms with Crippen LogP contribution in [-0.2, 0) is 0 Å². The van der Waals surface area contributed by atoms with E-state index in [0.29, 0.717) is 0 Å². The summed E-state index contributed by atoms with van der Waals surface area (Å²) < 4.78 is 1.26. The molecule has 0 bridgehead atoms. The predicted octanol–water partition coefficient (Wildman–Crippen LogP) is 5.55. The van der Waals surface area contributed by atoms with Gasteiger partial charge in [0.1, 0.15) is 0 Å². The summed E-state index contributed by atoms with van der Waals surface area (Å²) in [5.74, 6) is 0. The van der Waals surface area contributed by atoms with Crippen molar-refractivity contribution in [1.82, 2.24) is 0 Å². The summed E-state index contributed by atoms with van der Waals surface area (Å²) in [7, 11) is 0. The van der Waals surface area contributed by atoms with Crippen LogP contribution in [0.15, 0.2) is 67.3 Å². The Kier molecular flexibility index (Phi) is 4.37. The molecule has 0 atom stereocenters. The largest absolute Gasteiger partial charge is 0.0912 e. The van der Waals surface area contributed by atoms with Gasteiger partial charge in [-0.15, -0.1) is 0 Å². The van der Waals surface area contributed by atoms with Gasteiger partial charge in [-0.3, -0.25) is 0 Å². The molecule has 0 aliphatic heterocycles. The Labute approximate surface area is 122 Å². The molecule has 0 radical (unpaired) electrons. The van der Waals surface area contributed by atoms with Crippen molar-refractivity contribution in [3.8, 4) is 11.1 Å². The fourth-order valence-electron chi connectivity index (χ4n) is 1.84. The highest BCUT2D eigenvalue weighted by Gasteiger charge is 1.99. The Balaban J connectivity index is 2.30. The maximum absolute atomic E-state index is 4.04. The molecule has 2 rings (SSSR count). The van der Waals surface area contributed by atoms with Crippen LogP contribution in [0.5, 0.6) is 0 Å². The maximum atomic E-state index is 4.04. The van der Waals surface area contributed by atoms with E-state index in [1.807, 2.05) is 19.1 Å². The number of hydrogen-bond acceptors (Lipinski definition) is 0. The summed E-state index contributed by atoms with van der Waals surface area (Å²) in [6.45, 7) is 6.05. The first-order chi connectivity index (χ1) is 8.70. The lowest BCUT2D eigenvalue weighted by Crippen LogP contribution is -1.82. The molecule has 18 heavy (non-hydrogen) atoms. The normalized spacial score (nSPS) is 10.8. The summed E-state index contributed by atoms with van der Waals surface area (Å²) in [4.78, 5) is 0. The SMILES string of the molecule is C=C(/C=C\C)c1ccc(-c2cccc(I)c2)cc1. The number of halogens is 1. The Morgan fingerprint density at radius 3 is 2.39 bits per heavy atom. The molecule has 0 spiro atoms. The Morgan fingerprint density at radius 1 is 1.06 bits per heavy atom. The van der Waals surface area contributed by atoms with E-state index in [1.165, 1.54) is 20.3 Å². The average molecular weight is 346 g/mol. The second kappa shape index (κ2) is 6.01. The highest BCUT2D eigenvalue weighted by atomic mass is 127. The predicted molar refractivity (Wildman–Crippen MR) is 88.4 cm³/mol. The second-order valence-electron chi connectivity index (χ2n) is 4.11. The topological polar surface area (TPSA) is 0 Å². The first-order valence-corrected chi connectivity index (χ1v) is 6.96. The standard InChI is InChI=1S/C17H15I/c1-3-5-13(2)14-8-10-15(11-9-14)16-6-4-7-17(18)12-16/h3-12H,2H2,1H3/b5-3-. The number of allylic oxidation sites excluding steroid dienone is 3. The Morgan fingerprint density at radius 2 is 1.78 bits per heavy atom. The summed E-state index contributed by atoms with van der Waals surface area (Å²) in [5.41, 5.74) is 4.71. The molecule has 0 aromatic heterocycles. The third kappa shape index (κ3) is 3.10. The van der Waals surface area contributed by atoms with Crippen LogP contribution in [0.1, 0.15) is 12.5 Å². The van der Waals surface area contributed by atoms with Crippen molar-refractivity contribution in [3.63, 3.8) is 0 Å². The van der Waals surface area contributed by atoms with E-state index in [-0.39, 0.29) is 0 Å². The van der Waals surface area contributed by atoms with E-state index in [4.69, 9.17) is 0 Å². The van der Waals surface area contributed by atoms with Crippen molar-refractivity contribution in [3.05, 3.63) is 76.4 Å². The van der Waals surface area contributed by atoms with Crippen LogP contribution in [0.2, 0.25) is 0 Å². The summed E-state index contributed by atoms with van der Waals surface area (Å²) in [6, 6.07) is 17.1. The molecule has 0 unspecified atom stereocenters. The lowest BCUT2D eigenvalue weighted by atomic mass is 10.0. The fraction of sp³-hybridized carbons (Fsp3) is 0.0588. The van der Waals surface area contributed by atoms with Gasteiger partial charge in [0.15, 0.2) is 0 Å². The smallest absolute Gasteiger partial charge is 0.0136 e. The second-order valence-corrected chi connectivity index (χ2v) is 5.36. The van der Waals surface area contributed by atoms with Gasteiger partial charge in [0.25, 0.3) is 0 Å². The summed E-state index contributed by atoms with van der Waals surface area (Å²) >= 11 is 2.34. The van der Waals surface area contributed by atoms with Crippen molar-refractivity contribution in [2.75, 3.05) is 0 Å². The quantitative estimate of drug-likeness (QED) is 0.505. The zero-order chi connectivity index (χ0) is 13.0. The van der Waals surface area contributed by atoms with Crippen molar-refractivity contribution in [1.29, 1.82) is 0 Å². The van der Waals surface area contributed by atoms with Gasteiger partial charge in [-0.2, -0.15) is 0 Å². The van der Waals surface area contributed by atoms with E-state index in [1.54, 1.807) is 0 Å². The summed E-state index contributed by atoms with van der Waals surface area (Å²) in [6.07, 6.45) is 4.04. The molecular formula is C17H15I. The van der Waals surface area contributed by atoms with Gasteiger partial charge < -0.3 is 0 Å². The zero-order valence-electron chi connectivity index (χ0n) is 10.4. The van der Waals surface area contributed by atoms with E-state index >= 15 is 0 Å². The van der Waals surface area contributed by atoms with Crippen LogP contribution in [0.4, 0.5) is 0 Å². The van der Waals surface area contributed by atoms with Crippen LogP contribution in [0, 0.1) is 3.57 Å². The fourth-order valence-corrected chi connectivity index (χ4v) is 2.39. The molecule has 0 N–H and O–H groups in total. The van der Waals surface area contributed by atoms with Crippen molar-refractivity contribution < 1.29 is 0 Å². The molecule has 0 aliphatic rings. The molecule has 0 fully saturated rings. The van der Waals surface area contributed by atoms with Gasteiger partial charge in [0.2, 0.25) is 0 Å². The molecule has 0 saturated carbocycles. The van der Waals surface area contributed by atoms with Crippen molar-refractivity contribution in [2.45, 2.75) is 6.92 Å². The maximum Gasteiger partial charge on any atom is 0.0136 e.